The van der Waals surface area contributed by atoms with E-state index in [-0.39, 0.29) is 0 Å². The predicted molar refractivity (Wildman–Crippen MR) is 62.9 cm³/mol. The van der Waals surface area contributed by atoms with E-state index in [2.05, 4.69) is 0 Å². The summed E-state index contributed by atoms with van der Waals surface area (Å²) in [5, 5.41) is 0. The molecule has 1 rings (SSSR count). The normalized spacial score (nSPS) is 12.7. The van der Waals surface area contributed by atoms with E-state index in [1.54, 1.807) is 7.11 Å². The van der Waals surface area contributed by atoms with E-state index in [1.807, 2.05) is 24.3 Å². The summed E-state index contributed by atoms with van der Waals surface area (Å²) in [7, 11) is 0.770. The number of benzene rings is 1. The average Bonchev–Trinajstić information content (AvgIpc) is 2.26. The van der Waals surface area contributed by atoms with Crippen molar-refractivity contribution in [3.8, 4) is 0 Å². The van der Waals surface area contributed by atoms with Gasteiger partial charge in [-0.2, -0.15) is 0 Å². The molecule has 0 amide bonds. The van der Waals surface area contributed by atoms with E-state index >= 15 is 0 Å². The molecule has 0 bridgehead atoms. The minimum atomic E-state index is -0.847. The van der Waals surface area contributed by atoms with E-state index in [1.165, 1.54) is 0 Å². The van der Waals surface area contributed by atoms with Gasteiger partial charge in [0.25, 0.3) is 0 Å². The molecule has 0 fully saturated rings. The third-order valence-corrected chi connectivity index (χ3v) is 3.35. The summed E-state index contributed by atoms with van der Waals surface area (Å²) >= 11 is 0. The Morgan fingerprint density at radius 1 is 1.40 bits per heavy atom. The molecule has 0 aliphatic carbocycles. The zero-order chi connectivity index (χ0) is 11.1. The lowest BCUT2D eigenvalue weighted by Crippen LogP contribution is -2.07. The van der Waals surface area contributed by atoms with E-state index in [0.29, 0.717) is 24.7 Å². The first-order chi connectivity index (χ1) is 7.26. The monoisotopic (exact) mass is 227 g/mol. The van der Waals surface area contributed by atoms with Crippen LogP contribution in [0, 0.1) is 0 Å². The molecule has 3 nitrogen and oxygen atoms in total. The molecule has 0 aliphatic heterocycles. The summed E-state index contributed by atoms with van der Waals surface area (Å²) in [4.78, 5) is 0. The summed E-state index contributed by atoms with van der Waals surface area (Å²) in [6.45, 7) is 1.07. The van der Waals surface area contributed by atoms with E-state index in [0.717, 1.165) is 11.1 Å². The topological polar surface area (TPSA) is 52.3 Å². The van der Waals surface area contributed by atoms with Gasteiger partial charge in [0.2, 0.25) is 0 Å². The van der Waals surface area contributed by atoms with Crippen LogP contribution in [0.5, 0.6) is 0 Å². The lowest BCUT2D eigenvalue weighted by molar-refractivity contribution is 0.218. The largest absolute Gasteiger partial charge is 0.384 e. The van der Waals surface area contributed by atoms with Crippen molar-refractivity contribution in [1.29, 1.82) is 0 Å². The second kappa shape index (κ2) is 6.71. The van der Waals surface area contributed by atoms with Crippen molar-refractivity contribution >= 4 is 10.8 Å². The van der Waals surface area contributed by atoms with E-state index in [4.69, 9.17) is 10.5 Å². The van der Waals surface area contributed by atoms with Crippen molar-refractivity contribution in [1.82, 2.24) is 0 Å². The Kier molecular flexibility index (Phi) is 5.53. The van der Waals surface area contributed by atoms with Crippen molar-refractivity contribution in [2.45, 2.75) is 12.3 Å². The van der Waals surface area contributed by atoms with Gasteiger partial charge in [-0.3, -0.25) is 4.21 Å². The van der Waals surface area contributed by atoms with Crippen LogP contribution in [-0.2, 0) is 27.8 Å². The summed E-state index contributed by atoms with van der Waals surface area (Å²) in [5.41, 5.74) is 7.69. The Bertz CT molecular complexity index is 328. The van der Waals surface area contributed by atoms with Crippen LogP contribution in [0.15, 0.2) is 24.3 Å². The van der Waals surface area contributed by atoms with Crippen LogP contribution in [0.3, 0.4) is 0 Å². The van der Waals surface area contributed by atoms with Gasteiger partial charge in [-0.05, 0) is 11.1 Å². The maximum Gasteiger partial charge on any atom is 0.0577 e. The molecule has 0 radical (unpaired) electrons. The van der Waals surface area contributed by atoms with Crippen LogP contribution in [0.4, 0.5) is 0 Å². The molecule has 1 atom stereocenters. The molecular weight excluding hydrogens is 210 g/mol. The van der Waals surface area contributed by atoms with Crippen LogP contribution < -0.4 is 5.73 Å². The lowest BCUT2D eigenvalue weighted by atomic mass is 10.1. The third kappa shape index (κ3) is 4.55. The van der Waals surface area contributed by atoms with Crippen molar-refractivity contribution in [2.24, 2.45) is 5.73 Å². The van der Waals surface area contributed by atoms with Crippen LogP contribution in [-0.4, -0.2) is 23.7 Å². The molecule has 15 heavy (non-hydrogen) atoms. The van der Waals surface area contributed by atoms with Crippen LogP contribution in [0.1, 0.15) is 11.1 Å². The van der Waals surface area contributed by atoms with Crippen LogP contribution in [0.2, 0.25) is 0 Å². The molecule has 0 heterocycles. The van der Waals surface area contributed by atoms with Crippen molar-refractivity contribution in [2.75, 3.05) is 19.5 Å². The molecule has 0 saturated carbocycles. The first-order valence-electron chi connectivity index (χ1n) is 4.88. The highest BCUT2D eigenvalue weighted by Crippen LogP contribution is 2.07. The van der Waals surface area contributed by atoms with Gasteiger partial charge in [0, 0.05) is 36.0 Å². The lowest BCUT2D eigenvalue weighted by Gasteiger charge is -2.04. The van der Waals surface area contributed by atoms with Gasteiger partial charge < -0.3 is 10.5 Å². The molecule has 1 unspecified atom stereocenters. The van der Waals surface area contributed by atoms with E-state index in [9.17, 15) is 4.21 Å². The molecule has 84 valence electrons. The van der Waals surface area contributed by atoms with Gasteiger partial charge >= 0.3 is 0 Å². The number of hydrogen-bond donors (Lipinski definition) is 1. The molecule has 0 spiro atoms. The number of nitrogens with two attached hydrogens (primary N) is 1. The van der Waals surface area contributed by atoms with E-state index < -0.39 is 10.8 Å². The maximum absolute atomic E-state index is 11.6. The van der Waals surface area contributed by atoms with Gasteiger partial charge in [-0.15, -0.1) is 0 Å². The smallest absolute Gasteiger partial charge is 0.0577 e. The molecule has 1 aromatic carbocycles. The highest BCUT2D eigenvalue weighted by molar-refractivity contribution is 7.84. The highest BCUT2D eigenvalue weighted by Gasteiger charge is 2.02. The maximum atomic E-state index is 11.6. The molecule has 0 aromatic heterocycles. The Balaban J connectivity index is 2.52. The Hall–Kier alpha value is -0.710. The fourth-order valence-electron chi connectivity index (χ4n) is 1.28. The molecule has 0 aliphatic rings. The van der Waals surface area contributed by atoms with Crippen molar-refractivity contribution in [3.63, 3.8) is 0 Å². The highest BCUT2D eigenvalue weighted by atomic mass is 32.2. The summed E-state index contributed by atoms with van der Waals surface area (Å²) < 4.78 is 16.5. The first kappa shape index (κ1) is 12.4. The Morgan fingerprint density at radius 2 is 2.13 bits per heavy atom. The number of hydrogen-bond acceptors (Lipinski definition) is 3. The second-order valence-corrected chi connectivity index (χ2v) is 4.88. The molecular formula is C11H17NO2S. The van der Waals surface area contributed by atoms with Crippen LogP contribution in [0.25, 0.3) is 0 Å². The summed E-state index contributed by atoms with van der Waals surface area (Å²) in [5.74, 6) is 1.17. The summed E-state index contributed by atoms with van der Waals surface area (Å²) in [6.07, 6.45) is 0. The average molecular weight is 227 g/mol. The summed E-state index contributed by atoms with van der Waals surface area (Å²) in [6, 6.07) is 7.90. The van der Waals surface area contributed by atoms with Gasteiger partial charge in [0.15, 0.2) is 0 Å². The fourth-order valence-corrected chi connectivity index (χ4v) is 2.33. The minimum absolute atomic E-state index is 0.526. The standard InChI is InChI=1S/C11H17NO2S/c1-14-5-6-15(13)9-11-4-2-3-10(7-11)8-12/h2-4,7H,5-6,8-9,12H2,1H3. The molecule has 1 aromatic rings. The van der Waals surface area contributed by atoms with Gasteiger partial charge in [0.1, 0.15) is 0 Å². The minimum Gasteiger partial charge on any atom is -0.384 e. The fraction of sp³-hybridized carbons (Fsp3) is 0.455. The molecule has 4 heteroatoms. The number of methoxy groups -OCH3 is 1. The predicted octanol–water partition coefficient (Wildman–Crippen LogP) is 1.04. The zero-order valence-electron chi connectivity index (χ0n) is 8.94. The van der Waals surface area contributed by atoms with Gasteiger partial charge in [0.05, 0.1) is 6.61 Å². The van der Waals surface area contributed by atoms with Gasteiger partial charge in [-0.25, -0.2) is 0 Å². The number of ether oxygens (including phenoxy) is 1. The quantitative estimate of drug-likeness (QED) is 0.790. The second-order valence-electron chi connectivity index (χ2n) is 3.31. The molecule has 0 saturated heterocycles. The number of rotatable bonds is 6. The molecule has 2 N–H and O–H groups in total. The van der Waals surface area contributed by atoms with Crippen molar-refractivity contribution < 1.29 is 8.95 Å². The first-order valence-corrected chi connectivity index (χ1v) is 6.37. The van der Waals surface area contributed by atoms with Gasteiger partial charge in [-0.1, -0.05) is 24.3 Å². The zero-order valence-corrected chi connectivity index (χ0v) is 9.76. The third-order valence-electron chi connectivity index (χ3n) is 2.07. The van der Waals surface area contributed by atoms with Crippen LogP contribution >= 0.6 is 0 Å². The Morgan fingerprint density at radius 3 is 2.80 bits per heavy atom. The van der Waals surface area contributed by atoms with Crippen molar-refractivity contribution in [3.05, 3.63) is 35.4 Å². The SMILES string of the molecule is COCCS(=O)Cc1cccc(CN)c1. The Labute approximate surface area is 93.1 Å².